The smallest absolute Gasteiger partial charge is 0.0468 e. The second-order valence-corrected chi connectivity index (χ2v) is 14.1. The minimum atomic E-state index is 1.12. The Hall–Kier alpha value is -7.22. The van der Waals surface area contributed by atoms with Gasteiger partial charge in [-0.1, -0.05) is 182 Å². The Morgan fingerprint density at radius 1 is 0.236 bits per heavy atom. The number of anilines is 3. The summed E-state index contributed by atoms with van der Waals surface area (Å²) in [5.74, 6) is 0. The van der Waals surface area contributed by atoms with E-state index >= 15 is 0 Å². The van der Waals surface area contributed by atoms with Crippen LogP contribution in [-0.4, -0.2) is 0 Å². The maximum Gasteiger partial charge on any atom is 0.0468 e. The van der Waals surface area contributed by atoms with Crippen molar-refractivity contribution in [2.24, 2.45) is 0 Å². The molecule has 0 aliphatic carbocycles. The van der Waals surface area contributed by atoms with E-state index in [1.54, 1.807) is 0 Å². The van der Waals surface area contributed by atoms with Crippen LogP contribution in [0.5, 0.6) is 0 Å². The van der Waals surface area contributed by atoms with Gasteiger partial charge in [-0.05, 0) is 119 Å². The van der Waals surface area contributed by atoms with Gasteiger partial charge in [0.25, 0.3) is 0 Å². The van der Waals surface area contributed by atoms with Gasteiger partial charge in [-0.15, -0.1) is 0 Å². The van der Waals surface area contributed by atoms with Gasteiger partial charge in [0.05, 0.1) is 0 Å². The summed E-state index contributed by atoms with van der Waals surface area (Å²) in [5.41, 5.74) is 13.1. The second kappa shape index (κ2) is 14.0. The largest absolute Gasteiger partial charge is 0.310 e. The third-order valence-electron chi connectivity index (χ3n) is 10.8. The van der Waals surface area contributed by atoms with Gasteiger partial charge in [-0.2, -0.15) is 0 Å². The van der Waals surface area contributed by atoms with E-state index < -0.39 is 0 Å². The first kappa shape index (κ1) is 32.4. The summed E-state index contributed by atoms with van der Waals surface area (Å²) in [6.45, 7) is 0. The maximum atomic E-state index is 2.44. The number of fused-ring (bicyclic) bond motifs is 6. The zero-order valence-corrected chi connectivity index (χ0v) is 30.3. The van der Waals surface area contributed by atoms with Gasteiger partial charge in [-0.25, -0.2) is 0 Å². The molecule has 10 aromatic rings. The molecule has 0 aromatic heterocycles. The Balaban J connectivity index is 1.33. The molecule has 0 saturated heterocycles. The van der Waals surface area contributed by atoms with E-state index in [-0.39, 0.29) is 0 Å². The number of rotatable bonds is 7. The minimum absolute atomic E-state index is 1.12. The summed E-state index contributed by atoms with van der Waals surface area (Å²) in [6.07, 6.45) is 0. The van der Waals surface area contributed by atoms with Gasteiger partial charge in [0.1, 0.15) is 0 Å². The minimum Gasteiger partial charge on any atom is -0.310 e. The Bertz CT molecular complexity index is 2880. The fourth-order valence-corrected chi connectivity index (χ4v) is 8.33. The van der Waals surface area contributed by atoms with Crippen molar-refractivity contribution in [2.75, 3.05) is 4.90 Å². The third-order valence-corrected chi connectivity index (χ3v) is 10.8. The summed E-state index contributed by atoms with van der Waals surface area (Å²) in [7, 11) is 0. The van der Waals surface area contributed by atoms with Gasteiger partial charge in [0, 0.05) is 17.1 Å². The monoisotopic (exact) mass is 699 g/mol. The molecule has 0 saturated carbocycles. The molecule has 0 atom stereocenters. The normalized spacial score (nSPS) is 11.3. The fraction of sp³-hybridized carbons (Fsp3) is 0. The summed E-state index contributed by atoms with van der Waals surface area (Å²) < 4.78 is 0. The molecule has 10 rings (SSSR count). The number of nitrogens with zero attached hydrogens (tertiary/aromatic N) is 1. The lowest BCUT2D eigenvalue weighted by atomic mass is 9.81. The molecule has 0 radical (unpaired) electrons. The van der Waals surface area contributed by atoms with Crippen LogP contribution in [0, 0.1) is 0 Å². The van der Waals surface area contributed by atoms with Crippen LogP contribution in [0.15, 0.2) is 224 Å². The Kier molecular flexibility index (Phi) is 8.24. The Morgan fingerprint density at radius 2 is 0.673 bits per heavy atom. The average molecular weight is 700 g/mol. The van der Waals surface area contributed by atoms with Crippen molar-refractivity contribution in [2.45, 2.75) is 0 Å². The Morgan fingerprint density at radius 3 is 1.27 bits per heavy atom. The first-order chi connectivity index (χ1) is 27.3. The Labute approximate surface area is 322 Å². The molecule has 0 amide bonds. The molecule has 0 bridgehead atoms. The van der Waals surface area contributed by atoms with Crippen LogP contribution in [0.2, 0.25) is 0 Å². The van der Waals surface area contributed by atoms with Crippen molar-refractivity contribution in [1.29, 1.82) is 0 Å². The molecule has 1 heteroatoms. The van der Waals surface area contributed by atoms with Crippen LogP contribution in [0.3, 0.4) is 0 Å². The van der Waals surface area contributed by atoms with Crippen LogP contribution in [0.4, 0.5) is 17.1 Å². The van der Waals surface area contributed by atoms with Crippen molar-refractivity contribution in [3.63, 3.8) is 0 Å². The van der Waals surface area contributed by atoms with Crippen LogP contribution >= 0.6 is 0 Å². The number of hydrogen-bond acceptors (Lipinski definition) is 1. The molecule has 55 heavy (non-hydrogen) atoms. The van der Waals surface area contributed by atoms with Gasteiger partial charge in [-0.3, -0.25) is 0 Å². The van der Waals surface area contributed by atoms with Crippen LogP contribution in [0.1, 0.15) is 0 Å². The van der Waals surface area contributed by atoms with Crippen molar-refractivity contribution in [1.82, 2.24) is 0 Å². The zero-order valence-electron chi connectivity index (χ0n) is 30.3. The van der Waals surface area contributed by atoms with E-state index in [2.05, 4.69) is 229 Å². The van der Waals surface area contributed by atoms with Gasteiger partial charge in [0.15, 0.2) is 0 Å². The molecule has 10 aromatic carbocycles. The fourth-order valence-electron chi connectivity index (χ4n) is 8.33. The van der Waals surface area contributed by atoms with Gasteiger partial charge in [0.2, 0.25) is 0 Å². The van der Waals surface area contributed by atoms with Crippen molar-refractivity contribution >= 4 is 49.4 Å². The van der Waals surface area contributed by atoms with E-state index in [0.717, 1.165) is 17.1 Å². The van der Waals surface area contributed by atoms with Crippen molar-refractivity contribution in [3.8, 4) is 44.5 Å². The molecule has 0 aliphatic rings. The van der Waals surface area contributed by atoms with E-state index in [9.17, 15) is 0 Å². The maximum absolute atomic E-state index is 2.44. The van der Waals surface area contributed by atoms with Gasteiger partial charge < -0.3 is 4.90 Å². The molecule has 0 unspecified atom stereocenters. The highest BCUT2D eigenvalue weighted by molar-refractivity contribution is 6.33. The highest BCUT2D eigenvalue weighted by Gasteiger charge is 2.23. The number of benzene rings is 10. The topological polar surface area (TPSA) is 3.24 Å². The molecular formula is C54H37N. The first-order valence-electron chi connectivity index (χ1n) is 18.9. The lowest BCUT2D eigenvalue weighted by Gasteiger charge is -2.27. The summed E-state index contributed by atoms with van der Waals surface area (Å²) in [5, 5.41) is 7.48. The second-order valence-electron chi connectivity index (χ2n) is 14.1. The standard InChI is InChI=1S/C54H37N/c1-6-18-38(19-7-1)39-30-32-41(33-31-39)49-37-50(40-20-8-2-9-21-40)53-47-29-17-16-28-46(47)51-36-45(34-35-48(51)54(53)52(49)42-22-10-3-11-23-42)55(43-24-12-4-13-25-43)44-26-14-5-15-27-44/h1-37H. The van der Waals surface area contributed by atoms with Crippen LogP contribution < -0.4 is 4.90 Å². The molecule has 1 nitrogen and oxygen atoms in total. The predicted molar refractivity (Wildman–Crippen MR) is 235 cm³/mol. The highest BCUT2D eigenvalue weighted by Crippen LogP contribution is 2.50. The van der Waals surface area contributed by atoms with Crippen LogP contribution in [-0.2, 0) is 0 Å². The molecular weight excluding hydrogens is 663 g/mol. The molecule has 0 N–H and O–H groups in total. The first-order valence-corrected chi connectivity index (χ1v) is 18.9. The van der Waals surface area contributed by atoms with E-state index in [1.165, 1.54) is 76.8 Å². The molecule has 0 spiro atoms. The van der Waals surface area contributed by atoms with E-state index in [4.69, 9.17) is 0 Å². The zero-order chi connectivity index (χ0) is 36.6. The highest BCUT2D eigenvalue weighted by atomic mass is 15.1. The summed E-state index contributed by atoms with van der Waals surface area (Å²) in [4.78, 5) is 2.36. The van der Waals surface area contributed by atoms with Crippen molar-refractivity contribution in [3.05, 3.63) is 224 Å². The van der Waals surface area contributed by atoms with Crippen LogP contribution in [0.25, 0.3) is 76.8 Å². The SMILES string of the molecule is c1ccc(-c2ccc(-c3cc(-c4ccccc4)c4c5ccccc5c5cc(N(c6ccccc6)c6ccccc6)ccc5c4c3-c3ccccc3)cc2)cc1. The van der Waals surface area contributed by atoms with E-state index in [0.29, 0.717) is 0 Å². The molecule has 0 aliphatic heterocycles. The predicted octanol–water partition coefficient (Wildman–Crippen LogP) is 15.3. The molecule has 0 fully saturated rings. The number of hydrogen-bond donors (Lipinski definition) is 0. The third kappa shape index (κ3) is 5.84. The molecule has 258 valence electrons. The lowest BCUT2D eigenvalue weighted by Crippen LogP contribution is -2.09. The molecule has 0 heterocycles. The van der Waals surface area contributed by atoms with Gasteiger partial charge >= 0.3 is 0 Å². The summed E-state index contributed by atoms with van der Waals surface area (Å²) >= 11 is 0. The summed E-state index contributed by atoms with van der Waals surface area (Å²) in [6, 6.07) is 81.4. The number of para-hydroxylation sites is 2. The van der Waals surface area contributed by atoms with Crippen molar-refractivity contribution < 1.29 is 0 Å². The lowest BCUT2D eigenvalue weighted by molar-refractivity contribution is 1.29. The average Bonchev–Trinajstić information content (AvgIpc) is 3.27. The quantitative estimate of drug-likeness (QED) is 0.150. The van der Waals surface area contributed by atoms with E-state index in [1.807, 2.05) is 0 Å².